The molecule has 0 spiro atoms. The molecule has 53 heavy (non-hydrogen) atoms. The number of carbonyl (C=O) groups excluding carboxylic acids is 4. The number of ether oxygens (including phenoxy) is 1. The van der Waals surface area contributed by atoms with Crippen molar-refractivity contribution in [2.45, 2.75) is 92.3 Å². The van der Waals surface area contributed by atoms with Crippen LogP contribution in [0.3, 0.4) is 0 Å². The lowest BCUT2D eigenvalue weighted by Gasteiger charge is -2.59. The van der Waals surface area contributed by atoms with Gasteiger partial charge in [-0.2, -0.15) is 0 Å². The first-order valence-electron chi connectivity index (χ1n) is 18.1. The Hall–Kier alpha value is -5.02. The van der Waals surface area contributed by atoms with Gasteiger partial charge in [0.25, 0.3) is 0 Å². The van der Waals surface area contributed by atoms with Crippen LogP contribution in [0.2, 0.25) is 0 Å². The standard InChI is InChI=1S/C44H48O9/c1-23(2)35-37(48)33(24(3)45)39(50)44(52)40(51)36-38(49)34-31(21-42(36,7)22-43(35,44)8)30(17-18-32(34)47)27-13-9-25(10-14-27)19-28(46)20-26-11-15-29(16-12-26)53-41(4,5)6/h9-18,23,35,47,49-50,52H,19-22H2,1-8H3/t35?,42-,43-,44+/m1/s1. The number of benzene rings is 3. The third-order valence-electron chi connectivity index (χ3n) is 11.3. The molecule has 4 N–H and O–H groups in total. The Morgan fingerprint density at radius 1 is 0.887 bits per heavy atom. The molecule has 0 aliphatic heterocycles. The Labute approximate surface area is 310 Å². The molecule has 1 unspecified atom stereocenters. The monoisotopic (exact) mass is 720 g/mol. The van der Waals surface area contributed by atoms with E-state index in [1.54, 1.807) is 33.8 Å². The van der Waals surface area contributed by atoms with E-state index in [1.807, 2.05) is 69.3 Å². The highest BCUT2D eigenvalue weighted by Crippen LogP contribution is 2.65. The number of allylic oxidation sites excluding steroid dienone is 1. The smallest absolute Gasteiger partial charge is 0.203 e. The molecule has 3 aliphatic carbocycles. The molecule has 0 aromatic heterocycles. The van der Waals surface area contributed by atoms with Gasteiger partial charge in [-0.25, -0.2) is 0 Å². The van der Waals surface area contributed by atoms with E-state index in [0.29, 0.717) is 11.1 Å². The third-order valence-corrected chi connectivity index (χ3v) is 11.3. The summed E-state index contributed by atoms with van der Waals surface area (Å²) in [5.41, 5.74) is -2.66. The summed E-state index contributed by atoms with van der Waals surface area (Å²) in [6.07, 6.45) is 0.666. The van der Waals surface area contributed by atoms with Crippen molar-refractivity contribution >= 4 is 28.9 Å². The van der Waals surface area contributed by atoms with E-state index in [1.165, 1.54) is 6.07 Å². The largest absolute Gasteiger partial charge is 0.508 e. The second-order valence-electron chi connectivity index (χ2n) is 16.9. The summed E-state index contributed by atoms with van der Waals surface area (Å²) in [6, 6.07) is 18.2. The molecule has 3 aromatic carbocycles. The summed E-state index contributed by atoms with van der Waals surface area (Å²) >= 11 is 0. The Kier molecular flexibility index (Phi) is 9.13. The van der Waals surface area contributed by atoms with Crippen molar-refractivity contribution in [3.8, 4) is 22.6 Å². The van der Waals surface area contributed by atoms with Gasteiger partial charge in [0.05, 0.1) is 5.56 Å². The van der Waals surface area contributed by atoms with Crippen LogP contribution in [0.4, 0.5) is 0 Å². The maximum Gasteiger partial charge on any atom is 0.203 e. The van der Waals surface area contributed by atoms with E-state index in [-0.39, 0.29) is 54.0 Å². The van der Waals surface area contributed by atoms with Gasteiger partial charge in [-0.15, -0.1) is 0 Å². The van der Waals surface area contributed by atoms with Crippen LogP contribution in [0, 0.1) is 22.7 Å². The molecule has 0 radical (unpaired) electrons. The van der Waals surface area contributed by atoms with Crippen LogP contribution in [-0.2, 0) is 38.4 Å². The predicted molar refractivity (Wildman–Crippen MR) is 200 cm³/mol. The van der Waals surface area contributed by atoms with E-state index in [0.717, 1.165) is 29.4 Å². The molecule has 1 saturated carbocycles. The number of aliphatic hydroxyl groups excluding tert-OH is 2. The second kappa shape index (κ2) is 12.8. The highest BCUT2D eigenvalue weighted by atomic mass is 16.5. The van der Waals surface area contributed by atoms with Crippen molar-refractivity contribution in [2.24, 2.45) is 22.7 Å². The highest BCUT2D eigenvalue weighted by molar-refractivity contribution is 6.24. The topological polar surface area (TPSA) is 158 Å². The van der Waals surface area contributed by atoms with Crippen LogP contribution < -0.4 is 4.74 Å². The molecule has 9 heteroatoms. The summed E-state index contributed by atoms with van der Waals surface area (Å²) in [6.45, 7) is 13.9. The molecule has 3 aliphatic rings. The summed E-state index contributed by atoms with van der Waals surface area (Å²) in [4.78, 5) is 54.0. The number of Topliss-reactive ketones (excluding diaryl/α,β-unsaturated/α-hetero) is 4. The maximum absolute atomic E-state index is 14.6. The van der Waals surface area contributed by atoms with Gasteiger partial charge in [0.2, 0.25) is 5.78 Å². The third kappa shape index (κ3) is 6.09. The van der Waals surface area contributed by atoms with Crippen LogP contribution in [0.25, 0.3) is 16.9 Å². The number of phenolic OH excluding ortho intramolecular Hbond substituents is 1. The molecule has 0 amide bonds. The quantitative estimate of drug-likeness (QED) is 0.174. The summed E-state index contributed by atoms with van der Waals surface area (Å²) in [7, 11) is 0. The number of fused-ring (bicyclic) bond motifs is 3. The Morgan fingerprint density at radius 2 is 1.45 bits per heavy atom. The van der Waals surface area contributed by atoms with Gasteiger partial charge in [-0.3, -0.25) is 19.2 Å². The molecule has 4 atom stereocenters. The minimum absolute atomic E-state index is 0.00733. The fraction of sp³-hybridized carbons (Fsp3) is 0.409. The lowest BCUT2D eigenvalue weighted by Crippen LogP contribution is -2.69. The first kappa shape index (κ1) is 37.7. The number of phenols is 1. The normalized spacial score (nSPS) is 25.6. The number of hydrogen-bond acceptors (Lipinski definition) is 9. The number of hydrogen-bond donors (Lipinski definition) is 4. The lowest BCUT2D eigenvalue weighted by atomic mass is 9.43. The predicted octanol–water partition coefficient (Wildman–Crippen LogP) is 7.39. The number of aromatic hydroxyl groups is 1. The average molecular weight is 721 g/mol. The number of ketones is 4. The molecule has 0 saturated heterocycles. The van der Waals surface area contributed by atoms with Gasteiger partial charge in [-0.05, 0) is 92.5 Å². The van der Waals surface area contributed by atoms with Crippen LogP contribution in [-0.4, -0.2) is 54.8 Å². The Bertz CT molecular complexity index is 2110. The molecule has 0 heterocycles. The van der Waals surface area contributed by atoms with Crippen molar-refractivity contribution in [2.75, 3.05) is 0 Å². The maximum atomic E-state index is 14.6. The van der Waals surface area contributed by atoms with E-state index in [2.05, 4.69) is 0 Å². The van der Waals surface area contributed by atoms with Gasteiger partial charge in [0, 0.05) is 35.2 Å². The van der Waals surface area contributed by atoms with Crippen LogP contribution in [0.1, 0.15) is 84.1 Å². The molecule has 1 fully saturated rings. The zero-order valence-corrected chi connectivity index (χ0v) is 31.6. The summed E-state index contributed by atoms with van der Waals surface area (Å²) in [5, 5.41) is 46.6. The highest BCUT2D eigenvalue weighted by Gasteiger charge is 2.72. The zero-order chi connectivity index (χ0) is 39.0. The van der Waals surface area contributed by atoms with E-state index >= 15 is 0 Å². The van der Waals surface area contributed by atoms with Gasteiger partial charge in [0.15, 0.2) is 17.2 Å². The molecule has 6 rings (SSSR count). The van der Waals surface area contributed by atoms with Crippen LogP contribution in [0.5, 0.6) is 11.5 Å². The number of rotatable bonds is 8. The van der Waals surface area contributed by atoms with Crippen LogP contribution >= 0.6 is 0 Å². The SMILES string of the molecule is CC(=O)C1=C(O)[C@]2(O)C(=O)C3=C(O)c4c(O)ccc(-c5ccc(CC(=O)Cc6ccc(OC(C)(C)C)cc6)cc5)c4C[C@]3(C)C[C@]2(C)C(C(C)C)C1=O. The molecular formula is C44H48O9. The fourth-order valence-electron chi connectivity index (χ4n) is 9.34. The van der Waals surface area contributed by atoms with E-state index in [9.17, 15) is 39.6 Å². The lowest BCUT2D eigenvalue weighted by molar-refractivity contribution is -0.178. The zero-order valence-electron chi connectivity index (χ0n) is 31.6. The first-order valence-corrected chi connectivity index (χ1v) is 18.1. The summed E-state index contributed by atoms with van der Waals surface area (Å²) in [5.74, 6) is -4.79. The van der Waals surface area contributed by atoms with Crippen molar-refractivity contribution in [1.29, 1.82) is 0 Å². The average Bonchev–Trinajstić information content (AvgIpc) is 3.03. The fourth-order valence-corrected chi connectivity index (χ4v) is 9.34. The minimum atomic E-state index is -2.66. The summed E-state index contributed by atoms with van der Waals surface area (Å²) < 4.78 is 5.88. The van der Waals surface area contributed by atoms with Crippen molar-refractivity contribution < 1.29 is 44.3 Å². The van der Waals surface area contributed by atoms with Crippen molar-refractivity contribution in [3.63, 3.8) is 0 Å². The van der Waals surface area contributed by atoms with Gasteiger partial charge in [-0.1, -0.05) is 70.2 Å². The van der Waals surface area contributed by atoms with Crippen molar-refractivity contribution in [3.05, 3.63) is 99.8 Å². The van der Waals surface area contributed by atoms with Gasteiger partial charge < -0.3 is 25.2 Å². The minimum Gasteiger partial charge on any atom is -0.508 e. The molecule has 0 bridgehead atoms. The van der Waals surface area contributed by atoms with Gasteiger partial charge >= 0.3 is 0 Å². The number of aliphatic hydroxyl groups is 3. The van der Waals surface area contributed by atoms with E-state index < -0.39 is 62.7 Å². The van der Waals surface area contributed by atoms with Crippen LogP contribution in [0.15, 0.2) is 77.6 Å². The molecular weight excluding hydrogens is 672 g/mol. The van der Waals surface area contributed by atoms with Crippen molar-refractivity contribution in [1.82, 2.24) is 0 Å². The molecule has 9 nitrogen and oxygen atoms in total. The number of carbonyl (C=O) groups is 4. The Morgan fingerprint density at radius 3 is 1.98 bits per heavy atom. The molecule has 278 valence electrons. The second-order valence-corrected chi connectivity index (χ2v) is 16.9. The molecule has 3 aromatic rings. The van der Waals surface area contributed by atoms with E-state index in [4.69, 9.17) is 4.74 Å². The Balaban J connectivity index is 1.34. The van der Waals surface area contributed by atoms with Gasteiger partial charge in [0.1, 0.15) is 40.0 Å². The first-order chi connectivity index (χ1) is 24.6.